The zero-order valence-electron chi connectivity index (χ0n) is 17.2. The van der Waals surface area contributed by atoms with Crippen molar-refractivity contribution in [2.75, 3.05) is 32.3 Å². The van der Waals surface area contributed by atoms with Crippen molar-refractivity contribution < 1.29 is 4.79 Å². The summed E-state index contributed by atoms with van der Waals surface area (Å²) in [7, 11) is 5.59. The monoisotopic (exact) mass is 398 g/mol. The van der Waals surface area contributed by atoms with Crippen molar-refractivity contribution in [3.63, 3.8) is 0 Å². The lowest BCUT2D eigenvalue weighted by Gasteiger charge is -2.17. The summed E-state index contributed by atoms with van der Waals surface area (Å²) in [5.74, 6) is -0.162. The van der Waals surface area contributed by atoms with Crippen molar-refractivity contribution in [3.05, 3.63) is 61.0 Å². The Balaban J connectivity index is 2.88. The molecule has 1 aromatic rings. The van der Waals surface area contributed by atoms with E-state index in [0.29, 0.717) is 0 Å². The van der Waals surface area contributed by atoms with E-state index in [1.54, 1.807) is 37.3 Å². The van der Waals surface area contributed by atoms with Crippen LogP contribution in [0.25, 0.3) is 6.08 Å². The number of thioether (sulfide) groups is 1. The Kier molecular flexibility index (Phi) is 11.3. The van der Waals surface area contributed by atoms with Crippen molar-refractivity contribution in [2.24, 2.45) is 4.99 Å². The van der Waals surface area contributed by atoms with Gasteiger partial charge in [0, 0.05) is 50.9 Å². The van der Waals surface area contributed by atoms with Gasteiger partial charge >= 0.3 is 0 Å². The highest BCUT2D eigenvalue weighted by atomic mass is 32.2. The fraction of sp³-hybridized carbons (Fsp3) is 0.318. The highest BCUT2D eigenvalue weighted by molar-refractivity contribution is 7.98. The quantitative estimate of drug-likeness (QED) is 0.134. The van der Waals surface area contributed by atoms with Gasteiger partial charge in [0.25, 0.3) is 5.91 Å². The minimum atomic E-state index is -0.162. The van der Waals surface area contributed by atoms with E-state index in [2.05, 4.69) is 28.7 Å². The normalized spacial score (nSPS) is 11.9. The number of rotatable bonds is 11. The molecule has 0 aliphatic heterocycles. The summed E-state index contributed by atoms with van der Waals surface area (Å²) in [6.07, 6.45) is 21.1. The van der Waals surface area contributed by atoms with Gasteiger partial charge in [0.05, 0.1) is 6.34 Å². The molecule has 0 aliphatic rings. The van der Waals surface area contributed by atoms with Crippen LogP contribution in [0.1, 0.15) is 24.8 Å². The topological polar surface area (TPSA) is 48.8 Å². The number of nitrogens with zero attached hydrogens (tertiary/aromatic N) is 4. The maximum absolute atomic E-state index is 12.6. The van der Waals surface area contributed by atoms with Gasteiger partial charge in [-0.2, -0.15) is 0 Å². The van der Waals surface area contributed by atoms with E-state index in [0.717, 1.165) is 35.5 Å². The van der Waals surface area contributed by atoms with Gasteiger partial charge in [-0.1, -0.05) is 24.3 Å². The van der Waals surface area contributed by atoms with Crippen molar-refractivity contribution in [1.29, 1.82) is 0 Å². The molecule has 0 N–H and O–H groups in total. The van der Waals surface area contributed by atoms with Crippen molar-refractivity contribution >= 4 is 35.8 Å². The molecule has 0 bridgehead atoms. The fourth-order valence-corrected chi connectivity index (χ4v) is 2.94. The maximum atomic E-state index is 12.6. The van der Waals surface area contributed by atoms with E-state index in [-0.39, 0.29) is 5.91 Å². The molecule has 0 aliphatic carbocycles. The molecule has 6 heteroatoms. The highest BCUT2D eigenvalue weighted by Gasteiger charge is 2.10. The Labute approximate surface area is 173 Å². The molecule has 5 nitrogen and oxygen atoms in total. The number of aliphatic imine (C=N–C) groups is 1. The molecular formula is C22H30N4OS. The summed E-state index contributed by atoms with van der Waals surface area (Å²) >= 11 is 1.56. The minimum absolute atomic E-state index is 0.162. The van der Waals surface area contributed by atoms with Crippen LogP contribution in [-0.4, -0.2) is 49.5 Å². The molecule has 0 saturated carbocycles. The lowest BCUT2D eigenvalue weighted by atomic mass is 10.2. The van der Waals surface area contributed by atoms with E-state index in [1.165, 1.54) is 11.2 Å². The standard InChI is InChI=1S/C22H30N4OS/c1-6-7-8-9-10-11-12-17-26(18-23-2)21(27)14-13-19-20(25(3)4)15-16-24-22(19)28-5/h6,8-9,12-18H,1,7,10-11H2,2-5H3/b9-8-,14-13+,17-12+,23-18?. The molecule has 28 heavy (non-hydrogen) atoms. The molecule has 0 fully saturated rings. The van der Waals surface area contributed by atoms with E-state index < -0.39 is 0 Å². The number of unbranched alkanes of at least 4 members (excludes halogenated alkanes) is 1. The van der Waals surface area contributed by atoms with Gasteiger partial charge in [-0.3, -0.25) is 14.7 Å². The van der Waals surface area contributed by atoms with Crippen LogP contribution in [-0.2, 0) is 4.79 Å². The zero-order chi connectivity index (χ0) is 20.8. The van der Waals surface area contributed by atoms with Crippen LogP contribution < -0.4 is 4.90 Å². The van der Waals surface area contributed by atoms with Gasteiger partial charge in [-0.15, -0.1) is 18.3 Å². The first kappa shape index (κ1) is 23.4. The second-order valence-corrected chi connectivity index (χ2v) is 6.85. The average molecular weight is 399 g/mol. The van der Waals surface area contributed by atoms with Gasteiger partial charge < -0.3 is 4.90 Å². The summed E-state index contributed by atoms with van der Waals surface area (Å²) in [6, 6.07) is 1.94. The van der Waals surface area contributed by atoms with Gasteiger partial charge in [-0.05, 0) is 37.7 Å². The molecule has 1 rings (SSSR count). The Morgan fingerprint density at radius 3 is 2.68 bits per heavy atom. The third-order valence-electron chi connectivity index (χ3n) is 3.73. The Bertz CT molecular complexity index is 751. The summed E-state index contributed by atoms with van der Waals surface area (Å²) in [6.45, 7) is 3.68. The number of pyridine rings is 1. The average Bonchev–Trinajstić information content (AvgIpc) is 2.70. The third kappa shape index (κ3) is 7.96. The molecular weight excluding hydrogens is 368 g/mol. The fourth-order valence-electron chi connectivity index (χ4n) is 2.38. The summed E-state index contributed by atoms with van der Waals surface area (Å²) in [5, 5.41) is 0.882. The molecule has 0 spiro atoms. The smallest absolute Gasteiger partial charge is 0.255 e. The summed E-state index contributed by atoms with van der Waals surface area (Å²) in [5.41, 5.74) is 1.94. The second kappa shape index (κ2) is 13.6. The van der Waals surface area contributed by atoms with E-state index in [9.17, 15) is 4.79 Å². The first-order chi connectivity index (χ1) is 13.5. The number of hydrogen-bond donors (Lipinski definition) is 0. The molecule has 150 valence electrons. The van der Waals surface area contributed by atoms with Crippen molar-refractivity contribution in [2.45, 2.75) is 24.3 Å². The lowest BCUT2D eigenvalue weighted by Crippen LogP contribution is -2.22. The van der Waals surface area contributed by atoms with Crippen LogP contribution in [0.5, 0.6) is 0 Å². The summed E-state index contributed by atoms with van der Waals surface area (Å²) < 4.78 is 0. The zero-order valence-corrected chi connectivity index (χ0v) is 18.0. The van der Waals surface area contributed by atoms with Crippen LogP contribution >= 0.6 is 11.8 Å². The lowest BCUT2D eigenvalue weighted by molar-refractivity contribution is -0.120. The highest BCUT2D eigenvalue weighted by Crippen LogP contribution is 2.27. The second-order valence-electron chi connectivity index (χ2n) is 6.06. The van der Waals surface area contributed by atoms with Crippen LogP contribution in [0.15, 0.2) is 65.4 Å². The molecule has 0 atom stereocenters. The Hall–Kier alpha value is -2.60. The number of allylic oxidation sites excluding steroid dienone is 4. The van der Waals surface area contributed by atoms with Crippen LogP contribution in [0.2, 0.25) is 0 Å². The molecule has 1 heterocycles. The predicted octanol–water partition coefficient (Wildman–Crippen LogP) is 4.80. The number of carbonyl (C=O) groups excluding carboxylic acids is 1. The minimum Gasteiger partial charge on any atom is -0.377 e. The van der Waals surface area contributed by atoms with Crippen molar-refractivity contribution in [3.8, 4) is 0 Å². The number of hydrogen-bond acceptors (Lipinski definition) is 5. The number of carbonyl (C=O) groups is 1. The Morgan fingerprint density at radius 1 is 1.29 bits per heavy atom. The molecule has 0 radical (unpaired) electrons. The molecule has 1 aromatic heterocycles. The molecule has 0 unspecified atom stereocenters. The number of aromatic nitrogens is 1. The van der Waals surface area contributed by atoms with Crippen LogP contribution in [0.3, 0.4) is 0 Å². The summed E-state index contributed by atoms with van der Waals surface area (Å²) in [4.78, 5) is 24.5. The van der Waals surface area contributed by atoms with Gasteiger partial charge in [0.2, 0.25) is 0 Å². The Morgan fingerprint density at radius 2 is 2.04 bits per heavy atom. The maximum Gasteiger partial charge on any atom is 0.255 e. The van der Waals surface area contributed by atoms with E-state index in [1.807, 2.05) is 49.5 Å². The first-order valence-electron chi connectivity index (χ1n) is 9.10. The van der Waals surface area contributed by atoms with E-state index >= 15 is 0 Å². The molecule has 1 amide bonds. The van der Waals surface area contributed by atoms with Crippen molar-refractivity contribution in [1.82, 2.24) is 9.88 Å². The third-order valence-corrected chi connectivity index (χ3v) is 4.44. The van der Waals surface area contributed by atoms with Gasteiger partial charge in [0.1, 0.15) is 5.03 Å². The van der Waals surface area contributed by atoms with Crippen LogP contribution in [0, 0.1) is 0 Å². The largest absolute Gasteiger partial charge is 0.377 e. The number of anilines is 1. The number of amides is 1. The van der Waals surface area contributed by atoms with Crippen LogP contribution in [0.4, 0.5) is 5.69 Å². The molecule has 0 saturated heterocycles. The predicted molar refractivity (Wildman–Crippen MR) is 123 cm³/mol. The van der Waals surface area contributed by atoms with Gasteiger partial charge in [0.15, 0.2) is 0 Å². The SMILES string of the molecule is C=CC/C=C\CC/C=C/N(C=NC)C(=O)/C=C/c1c(N(C)C)ccnc1SC. The first-order valence-corrected chi connectivity index (χ1v) is 10.3. The van der Waals surface area contributed by atoms with E-state index in [4.69, 9.17) is 0 Å². The van der Waals surface area contributed by atoms with Gasteiger partial charge in [-0.25, -0.2) is 4.98 Å². The molecule has 0 aromatic carbocycles.